The third-order valence-corrected chi connectivity index (χ3v) is 3.49. The highest BCUT2D eigenvalue weighted by Gasteiger charge is 2.24. The Kier molecular flexibility index (Phi) is 8.90. The van der Waals surface area contributed by atoms with Crippen LogP contribution in [0.1, 0.15) is 60.3 Å². The van der Waals surface area contributed by atoms with Gasteiger partial charge in [-0.25, -0.2) is 0 Å². The lowest BCUT2D eigenvalue weighted by atomic mass is 9.93. The minimum absolute atomic E-state index is 0.0279. The van der Waals surface area contributed by atoms with Crippen molar-refractivity contribution in [3.05, 3.63) is 0 Å². The maximum atomic E-state index is 12.0. The molecule has 0 bridgehead atoms. The molecule has 5 heteroatoms. The van der Waals surface area contributed by atoms with Gasteiger partial charge in [-0.15, -0.1) is 0 Å². The van der Waals surface area contributed by atoms with Crippen molar-refractivity contribution in [2.75, 3.05) is 0 Å². The predicted octanol–water partition coefficient (Wildman–Crippen LogP) is 2.63. The highest BCUT2D eigenvalue weighted by atomic mass is 16.4. The van der Waals surface area contributed by atoms with E-state index in [4.69, 9.17) is 5.11 Å². The van der Waals surface area contributed by atoms with Gasteiger partial charge in [-0.1, -0.05) is 34.6 Å². The number of nitrogens with one attached hydrogen (secondary N) is 1. The van der Waals surface area contributed by atoms with Crippen molar-refractivity contribution < 1.29 is 19.5 Å². The van der Waals surface area contributed by atoms with E-state index in [1.54, 1.807) is 0 Å². The molecular formula is C16H29NO4. The summed E-state index contributed by atoms with van der Waals surface area (Å²) in [4.78, 5) is 34.9. The van der Waals surface area contributed by atoms with E-state index < -0.39 is 11.9 Å². The number of ketones is 1. The molecule has 5 nitrogen and oxygen atoms in total. The second-order valence-corrected chi connectivity index (χ2v) is 6.37. The van der Waals surface area contributed by atoms with Crippen LogP contribution in [0, 0.1) is 17.8 Å². The van der Waals surface area contributed by atoms with Gasteiger partial charge >= 0.3 is 5.97 Å². The van der Waals surface area contributed by atoms with Crippen LogP contribution in [0.3, 0.4) is 0 Å². The number of hydrogen-bond donors (Lipinski definition) is 2. The summed E-state index contributed by atoms with van der Waals surface area (Å²) in [6.07, 6.45) is 1.41. The normalized spacial score (nSPS) is 14.0. The van der Waals surface area contributed by atoms with E-state index in [0.717, 1.165) is 0 Å². The van der Waals surface area contributed by atoms with Gasteiger partial charge in [-0.3, -0.25) is 14.4 Å². The average Bonchev–Trinajstić information content (AvgIpc) is 2.35. The fraction of sp³-hybridized carbons (Fsp3) is 0.812. The van der Waals surface area contributed by atoms with Crippen LogP contribution in [0.2, 0.25) is 0 Å². The summed E-state index contributed by atoms with van der Waals surface area (Å²) in [6.45, 7) is 9.44. The molecule has 0 rings (SSSR count). The fourth-order valence-corrected chi connectivity index (χ4v) is 2.13. The molecule has 0 aromatic carbocycles. The first-order valence-electron chi connectivity index (χ1n) is 7.72. The number of carboxylic acids is 1. The van der Waals surface area contributed by atoms with Gasteiger partial charge in [-0.05, 0) is 18.8 Å². The Bertz CT molecular complexity index is 363. The largest absolute Gasteiger partial charge is 0.481 e. The smallest absolute Gasteiger partial charge is 0.307 e. The quantitative estimate of drug-likeness (QED) is 0.649. The molecule has 0 spiro atoms. The van der Waals surface area contributed by atoms with Crippen LogP contribution in [0.15, 0.2) is 0 Å². The van der Waals surface area contributed by atoms with Crippen LogP contribution in [-0.2, 0) is 14.4 Å². The number of carbonyl (C=O) groups is 3. The molecule has 0 aliphatic carbocycles. The summed E-state index contributed by atoms with van der Waals surface area (Å²) >= 11 is 0. The minimum Gasteiger partial charge on any atom is -0.481 e. The van der Waals surface area contributed by atoms with Crippen molar-refractivity contribution in [3.8, 4) is 0 Å². The van der Waals surface area contributed by atoms with Crippen molar-refractivity contribution in [3.63, 3.8) is 0 Å². The fourth-order valence-electron chi connectivity index (χ4n) is 2.13. The van der Waals surface area contributed by atoms with Gasteiger partial charge in [-0.2, -0.15) is 0 Å². The summed E-state index contributed by atoms with van der Waals surface area (Å²) in [5.41, 5.74) is 0. The lowest BCUT2D eigenvalue weighted by molar-refractivity contribution is -0.144. The maximum Gasteiger partial charge on any atom is 0.307 e. The molecule has 0 fully saturated rings. The van der Waals surface area contributed by atoms with Gasteiger partial charge < -0.3 is 10.4 Å². The third kappa shape index (κ3) is 8.48. The molecule has 0 aliphatic heterocycles. The Morgan fingerprint density at radius 1 is 1.05 bits per heavy atom. The molecule has 2 unspecified atom stereocenters. The van der Waals surface area contributed by atoms with Crippen LogP contribution in [0.25, 0.3) is 0 Å². The molecule has 0 heterocycles. The van der Waals surface area contributed by atoms with Gasteiger partial charge in [0.25, 0.3) is 0 Å². The molecule has 122 valence electrons. The Morgan fingerprint density at radius 2 is 1.62 bits per heavy atom. The second-order valence-electron chi connectivity index (χ2n) is 6.37. The SMILES string of the molecule is CCC(CC(=O)C(C)C)NC(=O)CC(CC(C)C)C(=O)O. The first kappa shape index (κ1) is 19.6. The monoisotopic (exact) mass is 299 g/mol. The van der Waals surface area contributed by atoms with Crippen molar-refractivity contribution in [2.45, 2.75) is 66.3 Å². The van der Waals surface area contributed by atoms with Crippen molar-refractivity contribution in [2.24, 2.45) is 17.8 Å². The summed E-state index contributed by atoms with van der Waals surface area (Å²) in [5, 5.41) is 11.9. The Hall–Kier alpha value is -1.39. The topological polar surface area (TPSA) is 83.5 Å². The number of amides is 1. The molecule has 0 saturated heterocycles. The zero-order chi connectivity index (χ0) is 16.6. The molecular weight excluding hydrogens is 270 g/mol. The van der Waals surface area contributed by atoms with E-state index in [1.807, 2.05) is 34.6 Å². The molecule has 1 amide bonds. The van der Waals surface area contributed by atoms with Crippen LogP contribution >= 0.6 is 0 Å². The van der Waals surface area contributed by atoms with Gasteiger partial charge in [0.2, 0.25) is 5.91 Å². The number of rotatable bonds is 10. The molecule has 2 atom stereocenters. The van der Waals surface area contributed by atoms with Crippen LogP contribution in [0.5, 0.6) is 0 Å². The number of Topliss-reactive ketones (excluding diaryl/α,β-unsaturated/α-hetero) is 1. The first-order chi connectivity index (χ1) is 9.67. The van der Waals surface area contributed by atoms with Gasteiger partial charge in [0, 0.05) is 24.8 Å². The van der Waals surface area contributed by atoms with Gasteiger partial charge in [0.15, 0.2) is 0 Å². The molecule has 0 saturated carbocycles. The lowest BCUT2D eigenvalue weighted by Crippen LogP contribution is -2.38. The lowest BCUT2D eigenvalue weighted by Gasteiger charge is -2.19. The van der Waals surface area contributed by atoms with E-state index >= 15 is 0 Å². The van der Waals surface area contributed by atoms with Gasteiger partial charge in [0.1, 0.15) is 5.78 Å². The molecule has 0 aromatic rings. The highest BCUT2D eigenvalue weighted by Crippen LogP contribution is 2.16. The maximum absolute atomic E-state index is 12.0. The summed E-state index contributed by atoms with van der Waals surface area (Å²) < 4.78 is 0. The highest BCUT2D eigenvalue weighted by molar-refractivity contribution is 5.84. The molecule has 0 aliphatic rings. The Balaban J connectivity index is 4.49. The predicted molar refractivity (Wildman–Crippen MR) is 81.9 cm³/mol. The van der Waals surface area contributed by atoms with E-state index in [9.17, 15) is 14.4 Å². The van der Waals surface area contributed by atoms with Crippen molar-refractivity contribution in [1.29, 1.82) is 0 Å². The molecule has 0 radical (unpaired) electrons. The Labute approximate surface area is 127 Å². The zero-order valence-electron chi connectivity index (χ0n) is 13.8. The Morgan fingerprint density at radius 3 is 2.00 bits per heavy atom. The molecule has 21 heavy (non-hydrogen) atoms. The van der Waals surface area contributed by atoms with E-state index in [0.29, 0.717) is 19.3 Å². The van der Waals surface area contributed by atoms with Crippen LogP contribution in [0.4, 0.5) is 0 Å². The van der Waals surface area contributed by atoms with Gasteiger partial charge in [0.05, 0.1) is 5.92 Å². The summed E-state index contributed by atoms with van der Waals surface area (Å²) in [5.74, 6) is -1.61. The number of aliphatic carboxylic acids is 1. The third-order valence-electron chi connectivity index (χ3n) is 3.49. The molecule has 2 N–H and O–H groups in total. The minimum atomic E-state index is -0.940. The van der Waals surface area contributed by atoms with Crippen LogP contribution < -0.4 is 5.32 Å². The standard InChI is InChI=1S/C16H29NO4/c1-6-13(9-14(18)11(4)5)17-15(19)8-12(16(20)21)7-10(2)3/h10-13H,6-9H2,1-5H3,(H,17,19)(H,20,21). The molecule has 0 aromatic heterocycles. The van der Waals surface area contributed by atoms with Crippen molar-refractivity contribution >= 4 is 17.7 Å². The van der Waals surface area contributed by atoms with Crippen LogP contribution in [-0.4, -0.2) is 28.8 Å². The summed E-state index contributed by atoms with van der Waals surface area (Å²) in [7, 11) is 0. The van der Waals surface area contributed by atoms with E-state index in [2.05, 4.69) is 5.32 Å². The van der Waals surface area contributed by atoms with E-state index in [1.165, 1.54) is 0 Å². The number of carbonyl (C=O) groups excluding carboxylic acids is 2. The van der Waals surface area contributed by atoms with Crippen molar-refractivity contribution in [1.82, 2.24) is 5.32 Å². The number of hydrogen-bond acceptors (Lipinski definition) is 3. The zero-order valence-corrected chi connectivity index (χ0v) is 13.8. The van der Waals surface area contributed by atoms with E-state index in [-0.39, 0.29) is 36.0 Å². The average molecular weight is 299 g/mol. The number of carboxylic acid groups (broad SMARTS) is 1. The second kappa shape index (κ2) is 9.53. The summed E-state index contributed by atoms with van der Waals surface area (Å²) in [6, 6.07) is -0.208. The first-order valence-corrected chi connectivity index (χ1v) is 7.72.